The standard InChI is InChI=1S/C23H20BrNO3S/c1-13-10-16-12-17(24)8-9-19(16)20(22(13)28-3)21-18-7-5-4-6-15(18)11-14(2)23(21)29(25,26)27/h4-12H,1-3H3,(H2,25,26,27). The van der Waals surface area contributed by atoms with Crippen LogP contribution in [0.4, 0.5) is 0 Å². The molecule has 0 aliphatic rings. The molecule has 0 saturated heterocycles. The largest absolute Gasteiger partial charge is 0.496 e. The Balaban J connectivity index is 2.34. The van der Waals surface area contributed by atoms with Crippen LogP contribution in [0.1, 0.15) is 11.1 Å². The number of aryl methyl sites for hydroxylation is 2. The van der Waals surface area contributed by atoms with Crippen LogP contribution in [0, 0.1) is 13.8 Å². The fraction of sp³-hybridized carbons (Fsp3) is 0.130. The second-order valence-electron chi connectivity index (χ2n) is 7.13. The lowest BCUT2D eigenvalue weighted by atomic mass is 9.90. The molecule has 0 aromatic heterocycles. The zero-order valence-electron chi connectivity index (χ0n) is 16.3. The molecule has 0 unspecified atom stereocenters. The summed E-state index contributed by atoms with van der Waals surface area (Å²) in [5, 5.41) is 9.35. The predicted molar refractivity (Wildman–Crippen MR) is 122 cm³/mol. The third-order valence-electron chi connectivity index (χ3n) is 5.17. The van der Waals surface area contributed by atoms with Crippen LogP contribution < -0.4 is 9.88 Å². The van der Waals surface area contributed by atoms with E-state index in [4.69, 9.17) is 9.88 Å². The monoisotopic (exact) mass is 469 g/mol. The summed E-state index contributed by atoms with van der Waals surface area (Å²) in [5.41, 5.74) is 2.84. The van der Waals surface area contributed by atoms with Gasteiger partial charge in [0.1, 0.15) is 5.75 Å². The van der Waals surface area contributed by atoms with Crippen LogP contribution in [0.2, 0.25) is 0 Å². The summed E-state index contributed by atoms with van der Waals surface area (Å²) in [4.78, 5) is 0.129. The highest BCUT2D eigenvalue weighted by Crippen LogP contribution is 2.46. The average molecular weight is 470 g/mol. The van der Waals surface area contributed by atoms with E-state index in [2.05, 4.69) is 15.9 Å². The van der Waals surface area contributed by atoms with Crippen LogP contribution >= 0.6 is 15.9 Å². The molecule has 0 heterocycles. The topological polar surface area (TPSA) is 69.4 Å². The first kappa shape index (κ1) is 19.9. The van der Waals surface area contributed by atoms with Gasteiger partial charge in [-0.2, -0.15) is 0 Å². The first-order chi connectivity index (χ1) is 13.7. The lowest BCUT2D eigenvalue weighted by Gasteiger charge is -2.20. The molecule has 0 amide bonds. The molecule has 4 aromatic carbocycles. The number of primary sulfonamides is 1. The lowest BCUT2D eigenvalue weighted by molar-refractivity contribution is 0.414. The first-order valence-electron chi connectivity index (χ1n) is 9.04. The number of sulfonamides is 1. The molecule has 0 aliphatic carbocycles. The molecule has 0 saturated carbocycles. The number of nitrogens with two attached hydrogens (primary N) is 1. The number of rotatable bonds is 3. The second kappa shape index (κ2) is 7.13. The maximum Gasteiger partial charge on any atom is 0.238 e. The first-order valence-corrected chi connectivity index (χ1v) is 11.4. The summed E-state index contributed by atoms with van der Waals surface area (Å²) in [7, 11) is -2.38. The SMILES string of the molecule is COc1c(C)cc2cc(Br)ccc2c1-c1c(S(N)(=O)=O)c(C)cc2ccccc12. The number of methoxy groups -OCH3 is 1. The summed E-state index contributed by atoms with van der Waals surface area (Å²) in [5.74, 6) is 0.639. The molecule has 29 heavy (non-hydrogen) atoms. The van der Waals surface area contributed by atoms with Crippen molar-refractivity contribution in [1.29, 1.82) is 0 Å². The Bertz CT molecular complexity index is 1390. The molecule has 0 bridgehead atoms. The Morgan fingerprint density at radius 2 is 1.52 bits per heavy atom. The van der Waals surface area contributed by atoms with Crippen molar-refractivity contribution in [3.63, 3.8) is 0 Å². The zero-order chi connectivity index (χ0) is 20.9. The van der Waals surface area contributed by atoms with Crippen molar-refractivity contribution in [2.75, 3.05) is 7.11 Å². The summed E-state index contributed by atoms with van der Waals surface area (Å²) in [6.45, 7) is 3.73. The van der Waals surface area contributed by atoms with E-state index >= 15 is 0 Å². The zero-order valence-corrected chi connectivity index (χ0v) is 18.7. The molecule has 4 aromatic rings. The third-order valence-corrected chi connectivity index (χ3v) is 6.75. The van der Waals surface area contributed by atoms with Crippen molar-refractivity contribution in [3.05, 3.63) is 70.2 Å². The van der Waals surface area contributed by atoms with Crippen LogP contribution in [0.25, 0.3) is 32.7 Å². The molecule has 2 N–H and O–H groups in total. The number of ether oxygens (including phenoxy) is 1. The summed E-state index contributed by atoms with van der Waals surface area (Å²) < 4.78 is 32.1. The molecular formula is C23H20BrNO3S. The number of fused-ring (bicyclic) bond motifs is 2. The minimum atomic E-state index is -3.98. The fourth-order valence-electron chi connectivity index (χ4n) is 4.09. The van der Waals surface area contributed by atoms with E-state index in [1.54, 1.807) is 14.0 Å². The lowest BCUT2D eigenvalue weighted by Crippen LogP contribution is -2.15. The second-order valence-corrected chi connectivity index (χ2v) is 9.54. The minimum absolute atomic E-state index is 0.129. The molecular weight excluding hydrogens is 450 g/mol. The maximum atomic E-state index is 12.7. The molecule has 0 aliphatic heterocycles. The van der Waals surface area contributed by atoms with Gasteiger partial charge >= 0.3 is 0 Å². The summed E-state index contributed by atoms with van der Waals surface area (Å²) in [6.07, 6.45) is 0. The summed E-state index contributed by atoms with van der Waals surface area (Å²) in [6, 6.07) is 17.6. The highest BCUT2D eigenvalue weighted by molar-refractivity contribution is 9.10. The highest BCUT2D eigenvalue weighted by atomic mass is 79.9. The third kappa shape index (κ3) is 3.31. The minimum Gasteiger partial charge on any atom is -0.496 e. The van der Waals surface area contributed by atoms with Gasteiger partial charge in [0.2, 0.25) is 10.0 Å². The van der Waals surface area contributed by atoms with Gasteiger partial charge in [-0.1, -0.05) is 52.3 Å². The van der Waals surface area contributed by atoms with Gasteiger partial charge in [0, 0.05) is 15.6 Å². The predicted octanol–water partition coefficient (Wildman–Crippen LogP) is 5.70. The van der Waals surface area contributed by atoms with Gasteiger partial charge in [0.25, 0.3) is 0 Å². The fourth-order valence-corrected chi connectivity index (χ4v) is 5.48. The number of hydrogen-bond acceptors (Lipinski definition) is 3. The normalized spacial score (nSPS) is 11.9. The number of hydrogen-bond donors (Lipinski definition) is 1. The van der Waals surface area contributed by atoms with Crippen molar-refractivity contribution < 1.29 is 13.2 Å². The molecule has 148 valence electrons. The van der Waals surface area contributed by atoms with Gasteiger partial charge in [-0.15, -0.1) is 0 Å². The van der Waals surface area contributed by atoms with Gasteiger partial charge in [-0.25, -0.2) is 13.6 Å². The van der Waals surface area contributed by atoms with Gasteiger partial charge in [-0.3, -0.25) is 0 Å². The van der Waals surface area contributed by atoms with E-state index in [9.17, 15) is 8.42 Å². The Labute approximate surface area is 178 Å². The van der Waals surface area contributed by atoms with Crippen molar-refractivity contribution in [3.8, 4) is 16.9 Å². The quantitative estimate of drug-likeness (QED) is 0.418. The van der Waals surface area contributed by atoms with E-state index in [-0.39, 0.29) is 4.90 Å². The van der Waals surface area contributed by atoms with Crippen molar-refractivity contribution in [2.24, 2.45) is 5.14 Å². The Morgan fingerprint density at radius 3 is 2.21 bits per heavy atom. The van der Waals surface area contributed by atoms with Crippen molar-refractivity contribution in [2.45, 2.75) is 18.7 Å². The van der Waals surface area contributed by atoms with E-state index in [0.717, 1.165) is 37.1 Å². The maximum absolute atomic E-state index is 12.7. The Morgan fingerprint density at radius 1 is 0.862 bits per heavy atom. The molecule has 6 heteroatoms. The Kier molecular flexibility index (Phi) is 4.89. The number of benzene rings is 4. The van der Waals surface area contributed by atoms with Gasteiger partial charge in [0.15, 0.2) is 0 Å². The smallest absolute Gasteiger partial charge is 0.238 e. The van der Waals surface area contributed by atoms with Crippen LogP contribution in [0.15, 0.2) is 64.0 Å². The van der Waals surface area contributed by atoms with E-state index < -0.39 is 10.0 Å². The summed E-state index contributed by atoms with van der Waals surface area (Å²) >= 11 is 3.52. The molecule has 0 spiro atoms. The van der Waals surface area contributed by atoms with Crippen LogP contribution in [0.5, 0.6) is 5.75 Å². The highest BCUT2D eigenvalue weighted by Gasteiger charge is 2.26. The van der Waals surface area contributed by atoms with E-state index in [1.165, 1.54) is 0 Å². The molecule has 4 nitrogen and oxygen atoms in total. The van der Waals surface area contributed by atoms with Crippen LogP contribution in [-0.4, -0.2) is 15.5 Å². The number of halogens is 1. The van der Waals surface area contributed by atoms with Crippen molar-refractivity contribution in [1.82, 2.24) is 0 Å². The van der Waals surface area contributed by atoms with Crippen LogP contribution in [0.3, 0.4) is 0 Å². The van der Waals surface area contributed by atoms with Crippen molar-refractivity contribution >= 4 is 47.5 Å². The molecule has 0 atom stereocenters. The molecule has 0 fully saturated rings. The average Bonchev–Trinajstić information content (AvgIpc) is 2.64. The molecule has 4 rings (SSSR count). The van der Waals surface area contributed by atoms with E-state index in [1.807, 2.05) is 61.5 Å². The van der Waals surface area contributed by atoms with E-state index in [0.29, 0.717) is 16.9 Å². The Hall–Kier alpha value is -2.41. The molecule has 0 radical (unpaired) electrons. The van der Waals surface area contributed by atoms with Crippen LogP contribution in [-0.2, 0) is 10.0 Å². The van der Waals surface area contributed by atoms with Gasteiger partial charge in [-0.05, 0) is 64.7 Å². The van der Waals surface area contributed by atoms with Gasteiger partial charge < -0.3 is 4.74 Å². The van der Waals surface area contributed by atoms with Gasteiger partial charge in [0.05, 0.1) is 12.0 Å².